The van der Waals surface area contributed by atoms with Gasteiger partial charge in [-0.15, -0.1) is 0 Å². The highest BCUT2D eigenvalue weighted by atomic mass is 16.3. The van der Waals surface area contributed by atoms with Gasteiger partial charge in [-0.05, 0) is 147 Å². The summed E-state index contributed by atoms with van der Waals surface area (Å²) in [6.07, 6.45) is 0. The second-order valence-electron chi connectivity index (χ2n) is 19.1. The molecule has 0 bridgehead atoms. The fourth-order valence-corrected chi connectivity index (χ4v) is 10.5. The van der Waals surface area contributed by atoms with Crippen molar-refractivity contribution in [2.24, 2.45) is 0 Å². The standard InChI is InChI=1S/C59H48N2O2/c1-35-15-8-11-20-50(35)60(51-21-12-9-17-47(51)58(3,4)5)41-25-23-37-29-43-45-33-56-46(34-55(45)62-53(43)31-39(37)27-41)44-30-38-24-26-42(28-40(38)32-54(44)63-56)61-52-22-13-10-18-48(52)59(6,7)49-19-14-16-36(2)57(49)61/h8-34H,1-7H3. The second-order valence-corrected chi connectivity index (χ2v) is 19.1. The number of nitrogens with zero attached hydrogens (tertiary/aromatic N) is 2. The minimum absolute atomic E-state index is 0.0407. The Kier molecular flexibility index (Phi) is 7.94. The van der Waals surface area contributed by atoms with Crippen LogP contribution < -0.4 is 9.80 Å². The number of benzene rings is 9. The van der Waals surface area contributed by atoms with Crippen LogP contribution in [0.2, 0.25) is 0 Å². The topological polar surface area (TPSA) is 32.8 Å². The summed E-state index contributed by atoms with van der Waals surface area (Å²) in [5.74, 6) is 0. The van der Waals surface area contributed by atoms with Crippen molar-refractivity contribution < 1.29 is 8.83 Å². The Morgan fingerprint density at radius 2 is 1.03 bits per heavy atom. The van der Waals surface area contributed by atoms with Crippen molar-refractivity contribution in [3.63, 3.8) is 0 Å². The van der Waals surface area contributed by atoms with Gasteiger partial charge in [-0.25, -0.2) is 0 Å². The zero-order valence-electron chi connectivity index (χ0n) is 36.8. The lowest BCUT2D eigenvalue weighted by atomic mass is 9.73. The van der Waals surface area contributed by atoms with E-state index in [1.807, 2.05) is 0 Å². The van der Waals surface area contributed by atoms with Crippen molar-refractivity contribution in [1.29, 1.82) is 0 Å². The summed E-state index contributed by atoms with van der Waals surface area (Å²) in [4.78, 5) is 4.86. The van der Waals surface area contributed by atoms with E-state index in [1.54, 1.807) is 0 Å². The van der Waals surface area contributed by atoms with E-state index in [2.05, 4.69) is 222 Å². The molecule has 0 amide bonds. The molecule has 0 saturated heterocycles. The average Bonchev–Trinajstić information content (AvgIpc) is 3.80. The summed E-state index contributed by atoms with van der Waals surface area (Å²) < 4.78 is 13.5. The molecule has 0 spiro atoms. The molecule has 4 heteroatoms. The highest BCUT2D eigenvalue weighted by Gasteiger charge is 2.37. The van der Waals surface area contributed by atoms with Crippen molar-refractivity contribution in [3.8, 4) is 0 Å². The van der Waals surface area contributed by atoms with Crippen LogP contribution in [0.25, 0.3) is 65.4 Å². The molecule has 1 aliphatic rings. The third kappa shape index (κ3) is 5.67. The third-order valence-corrected chi connectivity index (χ3v) is 13.7. The molecule has 0 aliphatic carbocycles. The third-order valence-electron chi connectivity index (χ3n) is 13.7. The van der Waals surface area contributed by atoms with Crippen LogP contribution in [0.1, 0.15) is 62.4 Å². The molecular formula is C59H48N2O2. The number of aryl methyl sites for hydroxylation is 2. The normalized spacial score (nSPS) is 13.7. The summed E-state index contributed by atoms with van der Waals surface area (Å²) in [5.41, 5.74) is 16.8. The van der Waals surface area contributed by atoms with E-state index in [1.165, 1.54) is 56.0 Å². The minimum atomic E-state index is -0.115. The maximum absolute atomic E-state index is 6.73. The van der Waals surface area contributed by atoms with Crippen LogP contribution in [0, 0.1) is 13.8 Å². The summed E-state index contributed by atoms with van der Waals surface area (Å²) in [6, 6.07) is 59.9. The number of fused-ring (bicyclic) bond motifs is 10. The van der Waals surface area contributed by atoms with Crippen molar-refractivity contribution in [1.82, 2.24) is 0 Å². The highest BCUT2D eigenvalue weighted by Crippen LogP contribution is 2.53. The summed E-state index contributed by atoms with van der Waals surface area (Å²) in [7, 11) is 0. The number of hydrogen-bond acceptors (Lipinski definition) is 4. The van der Waals surface area contributed by atoms with Crippen molar-refractivity contribution in [3.05, 3.63) is 192 Å². The van der Waals surface area contributed by atoms with Crippen LogP contribution in [-0.2, 0) is 10.8 Å². The number of hydrogen-bond donors (Lipinski definition) is 0. The molecular weight excluding hydrogens is 769 g/mol. The van der Waals surface area contributed by atoms with Crippen molar-refractivity contribution >= 4 is 99.5 Å². The smallest absolute Gasteiger partial charge is 0.136 e. The molecule has 0 unspecified atom stereocenters. The van der Waals surface area contributed by atoms with Crippen LogP contribution in [-0.4, -0.2) is 0 Å². The Bertz CT molecular complexity index is 3690. The molecule has 0 atom stereocenters. The Morgan fingerprint density at radius 3 is 1.73 bits per heavy atom. The molecule has 0 radical (unpaired) electrons. The molecule has 0 N–H and O–H groups in total. The predicted molar refractivity (Wildman–Crippen MR) is 266 cm³/mol. The van der Waals surface area contributed by atoms with E-state index >= 15 is 0 Å². The molecule has 0 fully saturated rings. The first-order valence-corrected chi connectivity index (χ1v) is 22.1. The lowest BCUT2D eigenvalue weighted by Gasteiger charge is -2.43. The van der Waals surface area contributed by atoms with E-state index in [0.29, 0.717) is 0 Å². The van der Waals surface area contributed by atoms with Gasteiger partial charge in [-0.3, -0.25) is 0 Å². The van der Waals surface area contributed by atoms with Gasteiger partial charge >= 0.3 is 0 Å². The quantitative estimate of drug-likeness (QED) is 0.177. The van der Waals surface area contributed by atoms with Gasteiger partial charge in [-0.1, -0.05) is 120 Å². The van der Waals surface area contributed by atoms with Crippen molar-refractivity contribution in [2.75, 3.05) is 9.80 Å². The Hall–Kier alpha value is -7.30. The molecule has 306 valence electrons. The first kappa shape index (κ1) is 37.5. The van der Waals surface area contributed by atoms with E-state index in [-0.39, 0.29) is 10.8 Å². The number of furan rings is 2. The number of para-hydroxylation sites is 4. The molecule has 63 heavy (non-hydrogen) atoms. The zero-order valence-corrected chi connectivity index (χ0v) is 36.8. The first-order valence-electron chi connectivity index (χ1n) is 22.1. The largest absolute Gasteiger partial charge is 0.456 e. The fourth-order valence-electron chi connectivity index (χ4n) is 10.5. The summed E-state index contributed by atoms with van der Waals surface area (Å²) >= 11 is 0. The van der Waals surface area contributed by atoms with Crippen LogP contribution in [0.4, 0.5) is 34.1 Å². The molecule has 3 heterocycles. The number of rotatable bonds is 4. The van der Waals surface area contributed by atoms with E-state index in [9.17, 15) is 0 Å². The lowest BCUT2D eigenvalue weighted by molar-refractivity contribution is 0.591. The molecule has 2 aromatic heterocycles. The summed E-state index contributed by atoms with van der Waals surface area (Å²) in [5, 5.41) is 8.86. The Labute approximate surface area is 367 Å². The number of anilines is 6. The first-order chi connectivity index (χ1) is 30.4. The van der Waals surface area contributed by atoms with Crippen LogP contribution in [0.3, 0.4) is 0 Å². The Balaban J connectivity index is 0.963. The van der Waals surface area contributed by atoms with Gasteiger partial charge in [0.15, 0.2) is 0 Å². The SMILES string of the molecule is Cc1ccccc1N(c1ccc2cc3c(cc2c1)oc1cc2c(cc13)oc1cc3cc(N4c5ccccc5C(C)(C)c5cccc(C)c54)ccc3cc12)c1ccccc1C(C)(C)C. The average molecular weight is 817 g/mol. The molecule has 4 nitrogen and oxygen atoms in total. The van der Waals surface area contributed by atoms with Gasteiger partial charge in [0, 0.05) is 49.7 Å². The summed E-state index contributed by atoms with van der Waals surface area (Å²) in [6.45, 7) is 15.9. The zero-order chi connectivity index (χ0) is 42.9. The molecule has 12 rings (SSSR count). The van der Waals surface area contributed by atoms with Gasteiger partial charge < -0.3 is 18.6 Å². The maximum Gasteiger partial charge on any atom is 0.136 e. The van der Waals surface area contributed by atoms with Crippen LogP contribution >= 0.6 is 0 Å². The molecule has 0 saturated carbocycles. The monoisotopic (exact) mass is 816 g/mol. The lowest BCUT2D eigenvalue weighted by Crippen LogP contribution is -2.31. The van der Waals surface area contributed by atoms with Gasteiger partial charge in [0.1, 0.15) is 22.3 Å². The fraction of sp³-hybridized carbons (Fsp3) is 0.153. The van der Waals surface area contributed by atoms with Crippen molar-refractivity contribution in [2.45, 2.75) is 59.3 Å². The van der Waals surface area contributed by atoms with Gasteiger partial charge in [0.05, 0.1) is 11.4 Å². The van der Waals surface area contributed by atoms with E-state index < -0.39 is 0 Å². The molecule has 11 aromatic rings. The van der Waals surface area contributed by atoms with Crippen LogP contribution in [0.5, 0.6) is 0 Å². The second kappa shape index (κ2) is 13.3. The molecule has 1 aliphatic heterocycles. The van der Waals surface area contributed by atoms with Gasteiger partial charge in [-0.2, -0.15) is 0 Å². The van der Waals surface area contributed by atoms with Gasteiger partial charge in [0.2, 0.25) is 0 Å². The van der Waals surface area contributed by atoms with E-state index in [0.717, 1.165) is 71.4 Å². The molecule has 9 aromatic carbocycles. The van der Waals surface area contributed by atoms with Crippen LogP contribution in [0.15, 0.2) is 173 Å². The minimum Gasteiger partial charge on any atom is -0.456 e. The Morgan fingerprint density at radius 1 is 0.476 bits per heavy atom. The predicted octanol–water partition coefficient (Wildman–Crippen LogP) is 17.3. The van der Waals surface area contributed by atoms with Gasteiger partial charge in [0.25, 0.3) is 0 Å². The highest BCUT2D eigenvalue weighted by molar-refractivity contribution is 6.18. The maximum atomic E-state index is 6.73. The van der Waals surface area contributed by atoms with E-state index in [4.69, 9.17) is 8.83 Å².